The first-order chi connectivity index (χ1) is 15.4. The second-order valence-electron chi connectivity index (χ2n) is 5.84. The summed E-state index contributed by atoms with van der Waals surface area (Å²) in [6.45, 7) is 1.94. The summed E-state index contributed by atoms with van der Waals surface area (Å²) >= 11 is 0. The van der Waals surface area contributed by atoms with Gasteiger partial charge in [0.25, 0.3) is 0 Å². The Labute approximate surface area is 205 Å². The summed E-state index contributed by atoms with van der Waals surface area (Å²) in [6, 6.07) is 23.2. The molecule has 0 aliphatic rings. The number of carbonyl (C=O) groups excluding carboxylic acids is 2. The summed E-state index contributed by atoms with van der Waals surface area (Å²) in [7, 11) is 0. The zero-order valence-corrected chi connectivity index (χ0v) is 21.3. The van der Waals surface area contributed by atoms with Crippen molar-refractivity contribution in [3.8, 4) is 22.8 Å². The number of carboxylic acids is 2. The Bertz CT molecular complexity index is 869. The van der Waals surface area contributed by atoms with Crippen molar-refractivity contribution < 1.29 is 39.3 Å². The van der Waals surface area contributed by atoms with Gasteiger partial charge in [-0.2, -0.15) is 0 Å². The molecular formula is C24H22N4O4Zn. The molecule has 0 saturated carbocycles. The fraction of sp³-hybridized carbons (Fsp3) is 0.0833. The first kappa shape index (κ1) is 29.2. The Hall–Kier alpha value is -3.84. The summed E-state index contributed by atoms with van der Waals surface area (Å²) in [5.41, 5.74) is 3.66. The predicted octanol–water partition coefficient (Wildman–Crippen LogP) is 1.80. The molecule has 0 radical (unpaired) electrons. The van der Waals surface area contributed by atoms with Crippen LogP contribution in [0.15, 0.2) is 97.6 Å². The largest absolute Gasteiger partial charge is 2.00 e. The molecule has 164 valence electrons. The van der Waals surface area contributed by atoms with Gasteiger partial charge in [0.05, 0.1) is 22.8 Å². The zero-order valence-electron chi connectivity index (χ0n) is 18.4. The van der Waals surface area contributed by atoms with Crippen LogP contribution in [0, 0.1) is 0 Å². The normalized spacial score (nSPS) is 8.55. The summed E-state index contributed by atoms with van der Waals surface area (Å²) in [5.74, 6) is -2.17. The smallest absolute Gasteiger partial charge is 0.550 e. The van der Waals surface area contributed by atoms with E-state index in [-0.39, 0.29) is 19.5 Å². The number of hydrogen-bond donors (Lipinski definition) is 0. The molecule has 0 bridgehead atoms. The molecule has 9 heteroatoms. The van der Waals surface area contributed by atoms with E-state index in [4.69, 9.17) is 19.8 Å². The first-order valence-corrected chi connectivity index (χ1v) is 9.40. The minimum atomic E-state index is -1.08. The van der Waals surface area contributed by atoms with Gasteiger partial charge in [-0.25, -0.2) is 0 Å². The van der Waals surface area contributed by atoms with Crippen LogP contribution in [-0.4, -0.2) is 31.9 Å². The first-order valence-electron chi connectivity index (χ1n) is 9.40. The Kier molecular flexibility index (Phi) is 15.7. The molecule has 0 fully saturated rings. The van der Waals surface area contributed by atoms with Crippen molar-refractivity contribution in [3.05, 3.63) is 97.6 Å². The molecule has 0 spiro atoms. The predicted molar refractivity (Wildman–Crippen MR) is 116 cm³/mol. The van der Waals surface area contributed by atoms with Gasteiger partial charge in [-0.05, 0) is 62.4 Å². The third-order valence-corrected chi connectivity index (χ3v) is 3.18. The minimum absolute atomic E-state index is 0. The van der Waals surface area contributed by atoms with E-state index in [0.29, 0.717) is 0 Å². The molecule has 0 aliphatic heterocycles. The van der Waals surface area contributed by atoms with Crippen LogP contribution in [-0.2, 0) is 29.1 Å². The molecule has 0 aliphatic carbocycles. The molecule has 4 rings (SSSR count). The molecule has 4 aromatic rings. The summed E-state index contributed by atoms with van der Waals surface area (Å²) in [6.07, 6.45) is 7.07. The summed E-state index contributed by atoms with van der Waals surface area (Å²) in [4.78, 5) is 34.5. The topological polar surface area (TPSA) is 132 Å². The third kappa shape index (κ3) is 14.7. The van der Waals surface area contributed by atoms with Gasteiger partial charge in [-0.1, -0.05) is 24.3 Å². The quantitative estimate of drug-likeness (QED) is 0.384. The molecule has 0 N–H and O–H groups in total. The van der Waals surface area contributed by atoms with Crippen molar-refractivity contribution in [2.45, 2.75) is 13.8 Å². The van der Waals surface area contributed by atoms with Gasteiger partial charge in [0.15, 0.2) is 0 Å². The average Bonchev–Trinajstić information content (AvgIpc) is 2.81. The Morgan fingerprint density at radius 1 is 0.515 bits per heavy atom. The SMILES string of the molecule is CC(=O)[O-].CC(=O)[O-].[Zn+2].c1ccc(-c2ccccn2)nc1.c1ccc(-c2ccccn2)nc1. The van der Waals surface area contributed by atoms with E-state index < -0.39 is 11.9 Å². The van der Waals surface area contributed by atoms with Crippen LogP contribution < -0.4 is 10.2 Å². The van der Waals surface area contributed by atoms with Gasteiger partial charge >= 0.3 is 19.5 Å². The van der Waals surface area contributed by atoms with Crippen molar-refractivity contribution in [2.24, 2.45) is 0 Å². The Morgan fingerprint density at radius 3 is 0.818 bits per heavy atom. The number of nitrogens with zero attached hydrogens (tertiary/aromatic N) is 4. The molecule has 0 atom stereocenters. The van der Waals surface area contributed by atoms with Crippen LogP contribution in [0.3, 0.4) is 0 Å². The van der Waals surface area contributed by atoms with Crippen molar-refractivity contribution in [2.75, 3.05) is 0 Å². The zero-order chi connectivity index (χ0) is 23.6. The molecule has 0 amide bonds. The number of aromatic nitrogens is 4. The van der Waals surface area contributed by atoms with Crippen LogP contribution >= 0.6 is 0 Å². The maximum Gasteiger partial charge on any atom is 2.00 e. The number of aliphatic carboxylic acids is 2. The molecule has 0 aromatic carbocycles. The van der Waals surface area contributed by atoms with Gasteiger partial charge in [-0.3, -0.25) is 19.9 Å². The molecule has 8 nitrogen and oxygen atoms in total. The van der Waals surface area contributed by atoms with E-state index in [1.54, 1.807) is 24.8 Å². The maximum absolute atomic E-state index is 8.89. The summed E-state index contributed by atoms with van der Waals surface area (Å²) < 4.78 is 0. The van der Waals surface area contributed by atoms with E-state index in [9.17, 15) is 0 Å². The van der Waals surface area contributed by atoms with Crippen molar-refractivity contribution in [3.63, 3.8) is 0 Å². The number of pyridine rings is 4. The third-order valence-electron chi connectivity index (χ3n) is 3.18. The average molecular weight is 496 g/mol. The number of carbonyl (C=O) groups is 2. The van der Waals surface area contributed by atoms with E-state index >= 15 is 0 Å². The van der Waals surface area contributed by atoms with Gasteiger partial charge in [-0.15, -0.1) is 0 Å². The van der Waals surface area contributed by atoms with E-state index in [1.165, 1.54) is 0 Å². The van der Waals surface area contributed by atoms with Crippen molar-refractivity contribution in [1.82, 2.24) is 19.9 Å². The van der Waals surface area contributed by atoms with Gasteiger partial charge in [0.2, 0.25) is 0 Å². The molecule has 4 aromatic heterocycles. The van der Waals surface area contributed by atoms with Crippen molar-refractivity contribution in [1.29, 1.82) is 0 Å². The van der Waals surface area contributed by atoms with E-state index in [0.717, 1.165) is 36.6 Å². The van der Waals surface area contributed by atoms with Crippen LogP contribution in [0.5, 0.6) is 0 Å². The van der Waals surface area contributed by atoms with Gasteiger partial charge in [0, 0.05) is 36.7 Å². The maximum atomic E-state index is 8.89. The van der Waals surface area contributed by atoms with Crippen LogP contribution in [0.25, 0.3) is 22.8 Å². The minimum Gasteiger partial charge on any atom is -0.550 e. The van der Waals surface area contributed by atoms with Gasteiger partial charge in [0.1, 0.15) is 0 Å². The number of carboxylic acid groups (broad SMARTS) is 2. The second kappa shape index (κ2) is 17.8. The van der Waals surface area contributed by atoms with Crippen LogP contribution in [0.4, 0.5) is 0 Å². The Morgan fingerprint density at radius 2 is 0.697 bits per heavy atom. The molecular weight excluding hydrogens is 474 g/mol. The van der Waals surface area contributed by atoms with E-state index in [2.05, 4.69) is 19.9 Å². The van der Waals surface area contributed by atoms with Gasteiger partial charge < -0.3 is 19.8 Å². The number of hydrogen-bond acceptors (Lipinski definition) is 8. The van der Waals surface area contributed by atoms with Crippen molar-refractivity contribution >= 4 is 11.9 Å². The number of rotatable bonds is 2. The summed E-state index contributed by atoms with van der Waals surface area (Å²) in [5, 5.41) is 17.8. The standard InChI is InChI=1S/2C10H8N2.2C2H4O2.Zn/c2*1-3-7-11-9(5-1)10-6-2-4-8-12-10;2*1-2(3)4;/h2*1-8H;2*1H3,(H,3,4);/q;;;;+2/p-2. The molecule has 33 heavy (non-hydrogen) atoms. The van der Waals surface area contributed by atoms with Crippen LogP contribution in [0.1, 0.15) is 13.8 Å². The second-order valence-corrected chi connectivity index (χ2v) is 5.84. The molecule has 0 saturated heterocycles. The fourth-order valence-corrected chi connectivity index (χ4v) is 2.06. The van der Waals surface area contributed by atoms with Crippen LogP contribution in [0.2, 0.25) is 0 Å². The molecule has 0 unspecified atom stereocenters. The Balaban J connectivity index is 0.000000462. The molecule has 4 heterocycles. The van der Waals surface area contributed by atoms with E-state index in [1.807, 2.05) is 72.8 Å². The fourth-order valence-electron chi connectivity index (χ4n) is 2.06. The monoisotopic (exact) mass is 494 g/mol.